The lowest BCUT2D eigenvalue weighted by Crippen LogP contribution is -2.16. The number of aromatic nitrogens is 1. The van der Waals surface area contributed by atoms with Crippen LogP contribution in [0.4, 0.5) is 11.4 Å². The van der Waals surface area contributed by atoms with Gasteiger partial charge in [0.15, 0.2) is 5.69 Å². The number of anilines is 2. The van der Waals surface area contributed by atoms with Crippen molar-refractivity contribution in [2.24, 2.45) is 0 Å². The fourth-order valence-electron chi connectivity index (χ4n) is 1.73. The maximum absolute atomic E-state index is 12.2. The van der Waals surface area contributed by atoms with E-state index in [0.29, 0.717) is 28.8 Å². The zero-order valence-corrected chi connectivity index (χ0v) is 12.4. The molecule has 1 aromatic heterocycles. The molecule has 0 unspecified atom stereocenters. The van der Waals surface area contributed by atoms with Crippen molar-refractivity contribution in [3.05, 3.63) is 47.2 Å². The van der Waals surface area contributed by atoms with Crippen molar-refractivity contribution in [3.63, 3.8) is 0 Å². The van der Waals surface area contributed by atoms with E-state index >= 15 is 0 Å². The monoisotopic (exact) mass is 305 g/mol. The number of nitrogens with two attached hydrogens (primary N) is 1. The highest BCUT2D eigenvalue weighted by atomic mass is 35.5. The van der Waals surface area contributed by atoms with Crippen LogP contribution in [0.25, 0.3) is 0 Å². The van der Waals surface area contributed by atoms with Crippen LogP contribution in [-0.2, 0) is 0 Å². The van der Waals surface area contributed by atoms with Gasteiger partial charge in [-0.25, -0.2) is 4.98 Å². The number of carbonyl (C=O) groups excluding carboxylic acids is 1. The molecule has 0 atom stereocenters. The van der Waals surface area contributed by atoms with Crippen LogP contribution >= 0.6 is 11.6 Å². The Balaban J connectivity index is 2.24. The summed E-state index contributed by atoms with van der Waals surface area (Å²) < 4.78 is 5.58. The Hall–Kier alpha value is -2.27. The first-order valence-corrected chi connectivity index (χ1v) is 6.93. The van der Waals surface area contributed by atoms with Gasteiger partial charge in [-0.3, -0.25) is 4.79 Å². The smallest absolute Gasteiger partial charge is 0.276 e. The summed E-state index contributed by atoms with van der Waals surface area (Å²) in [5.74, 6) is 0.154. The number of amides is 1. The van der Waals surface area contributed by atoms with Crippen molar-refractivity contribution >= 4 is 28.9 Å². The number of nitrogens with one attached hydrogen (secondary N) is 1. The summed E-state index contributed by atoms with van der Waals surface area (Å²) in [7, 11) is 0. The van der Waals surface area contributed by atoms with Gasteiger partial charge in [-0.05, 0) is 36.8 Å². The maximum atomic E-state index is 12.2. The van der Waals surface area contributed by atoms with Gasteiger partial charge in [0.1, 0.15) is 5.75 Å². The third-order valence-electron chi connectivity index (χ3n) is 2.71. The summed E-state index contributed by atoms with van der Waals surface area (Å²) in [4.78, 5) is 16.2. The van der Waals surface area contributed by atoms with E-state index in [0.717, 1.165) is 6.42 Å². The Morgan fingerprint density at radius 2 is 2.24 bits per heavy atom. The van der Waals surface area contributed by atoms with Crippen molar-refractivity contribution in [3.8, 4) is 5.75 Å². The molecule has 0 aliphatic rings. The highest BCUT2D eigenvalue weighted by Gasteiger charge is 2.14. The Kier molecular flexibility index (Phi) is 5.00. The van der Waals surface area contributed by atoms with E-state index in [9.17, 15) is 4.79 Å². The molecule has 0 bridgehead atoms. The average Bonchev–Trinajstić information content (AvgIpc) is 2.47. The molecular formula is C15H16ClN3O2. The molecule has 0 aliphatic carbocycles. The molecule has 0 aliphatic heterocycles. The third-order valence-corrected chi connectivity index (χ3v) is 2.94. The van der Waals surface area contributed by atoms with Crippen LogP contribution in [0, 0.1) is 0 Å². The molecule has 1 amide bonds. The molecule has 21 heavy (non-hydrogen) atoms. The number of halogens is 1. The minimum atomic E-state index is -0.406. The van der Waals surface area contributed by atoms with Gasteiger partial charge < -0.3 is 15.8 Å². The molecule has 5 nitrogen and oxygen atoms in total. The fourth-order valence-corrected chi connectivity index (χ4v) is 1.90. The van der Waals surface area contributed by atoms with Crippen LogP contribution in [0.1, 0.15) is 23.8 Å². The van der Waals surface area contributed by atoms with Crippen LogP contribution in [0.2, 0.25) is 5.02 Å². The Labute approximate surface area is 128 Å². The molecule has 0 spiro atoms. The van der Waals surface area contributed by atoms with E-state index in [1.807, 2.05) is 6.92 Å². The predicted molar refractivity (Wildman–Crippen MR) is 83.8 cm³/mol. The van der Waals surface area contributed by atoms with E-state index < -0.39 is 5.91 Å². The summed E-state index contributed by atoms with van der Waals surface area (Å²) in [5.41, 5.74) is 6.71. The number of nitrogen functional groups attached to an aromatic ring is 1. The minimum Gasteiger partial charge on any atom is -0.491 e. The molecular weight excluding hydrogens is 290 g/mol. The van der Waals surface area contributed by atoms with Crippen LogP contribution in [0.15, 0.2) is 36.5 Å². The van der Waals surface area contributed by atoms with Crippen LogP contribution < -0.4 is 15.8 Å². The molecule has 0 fully saturated rings. The second kappa shape index (κ2) is 6.95. The standard InChI is InChI=1S/C15H16ClN3O2/c1-2-8-21-13-6-5-10(16)9-12(13)19-15(20)14-11(17)4-3-7-18-14/h3-7,9H,2,8,17H2,1H3,(H,19,20). The zero-order valence-electron chi connectivity index (χ0n) is 11.6. The minimum absolute atomic E-state index is 0.166. The molecule has 0 radical (unpaired) electrons. The molecule has 0 saturated carbocycles. The molecule has 1 aromatic carbocycles. The fraction of sp³-hybridized carbons (Fsp3) is 0.200. The molecule has 1 heterocycles. The number of carbonyl (C=O) groups is 1. The van der Waals surface area contributed by atoms with Gasteiger partial charge in [-0.1, -0.05) is 18.5 Å². The van der Waals surface area contributed by atoms with Crippen molar-refractivity contribution in [1.82, 2.24) is 4.98 Å². The summed E-state index contributed by atoms with van der Waals surface area (Å²) in [6, 6.07) is 8.34. The second-order valence-electron chi connectivity index (χ2n) is 4.38. The maximum Gasteiger partial charge on any atom is 0.276 e. The van der Waals surface area contributed by atoms with Crippen LogP contribution in [0.5, 0.6) is 5.75 Å². The first-order valence-electron chi connectivity index (χ1n) is 6.56. The van der Waals surface area contributed by atoms with Gasteiger partial charge in [0.05, 0.1) is 18.0 Å². The zero-order chi connectivity index (χ0) is 15.2. The first kappa shape index (κ1) is 15.1. The van der Waals surface area contributed by atoms with Gasteiger partial charge in [0.2, 0.25) is 0 Å². The number of nitrogens with zero attached hydrogens (tertiary/aromatic N) is 1. The van der Waals surface area contributed by atoms with E-state index in [2.05, 4.69) is 10.3 Å². The molecule has 6 heteroatoms. The van der Waals surface area contributed by atoms with Crippen molar-refractivity contribution in [2.75, 3.05) is 17.7 Å². The van der Waals surface area contributed by atoms with Crippen LogP contribution in [-0.4, -0.2) is 17.5 Å². The Morgan fingerprint density at radius 3 is 2.95 bits per heavy atom. The topological polar surface area (TPSA) is 77.2 Å². The lowest BCUT2D eigenvalue weighted by atomic mass is 10.2. The number of ether oxygens (including phenoxy) is 1. The number of benzene rings is 1. The quantitative estimate of drug-likeness (QED) is 0.888. The lowest BCUT2D eigenvalue weighted by Gasteiger charge is -2.12. The van der Waals surface area contributed by atoms with Crippen molar-refractivity contribution < 1.29 is 9.53 Å². The largest absolute Gasteiger partial charge is 0.491 e. The number of rotatable bonds is 5. The SMILES string of the molecule is CCCOc1ccc(Cl)cc1NC(=O)c1ncccc1N. The Bertz CT molecular complexity index is 647. The summed E-state index contributed by atoms with van der Waals surface area (Å²) >= 11 is 5.96. The molecule has 2 rings (SSSR count). The van der Waals surface area contributed by atoms with Crippen LogP contribution in [0.3, 0.4) is 0 Å². The van der Waals surface area contributed by atoms with Crippen molar-refractivity contribution in [2.45, 2.75) is 13.3 Å². The summed E-state index contributed by atoms with van der Waals surface area (Å²) in [6.45, 7) is 2.55. The van der Waals surface area contributed by atoms with Gasteiger partial charge in [0, 0.05) is 11.2 Å². The predicted octanol–water partition coefficient (Wildman–Crippen LogP) is 3.36. The number of pyridine rings is 1. The molecule has 3 N–H and O–H groups in total. The summed E-state index contributed by atoms with van der Waals surface area (Å²) in [5, 5.41) is 3.23. The number of hydrogen-bond acceptors (Lipinski definition) is 4. The highest BCUT2D eigenvalue weighted by molar-refractivity contribution is 6.31. The lowest BCUT2D eigenvalue weighted by molar-refractivity contribution is 0.102. The van der Waals surface area contributed by atoms with E-state index in [1.54, 1.807) is 30.3 Å². The third kappa shape index (κ3) is 3.86. The first-order chi connectivity index (χ1) is 10.1. The van der Waals surface area contributed by atoms with E-state index in [4.69, 9.17) is 22.1 Å². The summed E-state index contributed by atoms with van der Waals surface area (Å²) in [6.07, 6.45) is 2.38. The number of hydrogen-bond donors (Lipinski definition) is 2. The normalized spacial score (nSPS) is 10.2. The van der Waals surface area contributed by atoms with Gasteiger partial charge in [0.25, 0.3) is 5.91 Å². The molecule has 2 aromatic rings. The van der Waals surface area contributed by atoms with Gasteiger partial charge in [-0.2, -0.15) is 0 Å². The van der Waals surface area contributed by atoms with Gasteiger partial charge in [-0.15, -0.1) is 0 Å². The second-order valence-corrected chi connectivity index (χ2v) is 4.82. The van der Waals surface area contributed by atoms with Gasteiger partial charge >= 0.3 is 0 Å². The average molecular weight is 306 g/mol. The molecule has 110 valence electrons. The van der Waals surface area contributed by atoms with Crippen molar-refractivity contribution in [1.29, 1.82) is 0 Å². The highest BCUT2D eigenvalue weighted by Crippen LogP contribution is 2.28. The van der Waals surface area contributed by atoms with E-state index in [1.165, 1.54) is 6.20 Å². The molecule has 0 saturated heterocycles. The van der Waals surface area contributed by atoms with E-state index in [-0.39, 0.29) is 5.69 Å². The Morgan fingerprint density at radius 1 is 1.43 bits per heavy atom.